The maximum Gasteiger partial charge on any atom is 0.123 e. The normalized spacial score (nSPS) is 18.9. The average molecular weight is 346 g/mol. The molecule has 0 saturated carbocycles. The lowest BCUT2D eigenvalue weighted by Crippen LogP contribution is -2.20. The van der Waals surface area contributed by atoms with Crippen molar-refractivity contribution in [3.63, 3.8) is 0 Å². The second-order valence-electron chi connectivity index (χ2n) is 6.99. The molecule has 1 aliphatic rings. The summed E-state index contributed by atoms with van der Waals surface area (Å²) in [5, 5.41) is 3.50. The van der Waals surface area contributed by atoms with Crippen molar-refractivity contribution < 1.29 is 9.13 Å². The average Bonchev–Trinajstić information content (AvgIpc) is 2.89. The molecule has 2 nitrogen and oxygen atoms in total. The quantitative estimate of drug-likeness (QED) is 0.510. The van der Waals surface area contributed by atoms with Crippen LogP contribution in [-0.4, -0.2) is 25.9 Å². The van der Waals surface area contributed by atoms with Gasteiger partial charge in [-0.15, -0.1) is 5.92 Å². The van der Waals surface area contributed by atoms with E-state index in [0.29, 0.717) is 13.0 Å². The van der Waals surface area contributed by atoms with E-state index in [1.165, 1.54) is 25.7 Å². The van der Waals surface area contributed by atoms with Crippen LogP contribution >= 0.6 is 0 Å². The van der Waals surface area contributed by atoms with E-state index in [2.05, 4.69) is 17.2 Å². The minimum Gasteiger partial charge on any atom is -0.374 e. The van der Waals surface area contributed by atoms with Crippen LogP contribution in [0.4, 0.5) is 4.39 Å². The summed E-state index contributed by atoms with van der Waals surface area (Å²) in [7, 11) is 0. The molecule has 1 aliphatic heterocycles. The number of rotatable bonds is 9. The molecule has 2 rings (SSSR count). The molecule has 1 saturated heterocycles. The van der Waals surface area contributed by atoms with Crippen LogP contribution in [0.3, 0.4) is 0 Å². The predicted molar refractivity (Wildman–Crippen MR) is 102 cm³/mol. The zero-order valence-corrected chi connectivity index (χ0v) is 15.5. The van der Waals surface area contributed by atoms with Gasteiger partial charge in [-0.1, -0.05) is 43.4 Å². The first kappa shape index (κ1) is 19.9. The van der Waals surface area contributed by atoms with E-state index in [9.17, 15) is 4.39 Å². The molecule has 1 aromatic carbocycles. The first-order chi connectivity index (χ1) is 12.3. The van der Waals surface area contributed by atoms with Crippen LogP contribution in [0, 0.1) is 17.8 Å². The largest absolute Gasteiger partial charge is 0.374 e. The number of unbranched alkanes of at least 4 members (excludes halogenated alkanes) is 1. The van der Waals surface area contributed by atoms with Gasteiger partial charge in [-0.3, -0.25) is 0 Å². The van der Waals surface area contributed by atoms with Gasteiger partial charge in [0, 0.05) is 5.56 Å². The Hall–Kier alpha value is -1.37. The smallest absolute Gasteiger partial charge is 0.123 e. The van der Waals surface area contributed by atoms with E-state index >= 15 is 0 Å². The van der Waals surface area contributed by atoms with E-state index in [1.54, 1.807) is 0 Å². The Balaban J connectivity index is 1.57. The van der Waals surface area contributed by atoms with Crippen LogP contribution in [0.1, 0.15) is 63.0 Å². The number of alkyl halides is 1. The Kier molecular flexibility index (Phi) is 9.62. The zero-order chi connectivity index (χ0) is 17.7. The highest BCUT2D eigenvalue weighted by atomic mass is 19.1. The van der Waals surface area contributed by atoms with Crippen molar-refractivity contribution in [1.82, 2.24) is 5.32 Å². The summed E-state index contributed by atoms with van der Waals surface area (Å²) < 4.78 is 19.6. The van der Waals surface area contributed by atoms with Crippen molar-refractivity contribution in [3.05, 3.63) is 35.4 Å². The van der Waals surface area contributed by atoms with Gasteiger partial charge in [0.15, 0.2) is 0 Å². The van der Waals surface area contributed by atoms with Gasteiger partial charge in [0.2, 0.25) is 0 Å². The van der Waals surface area contributed by atoms with E-state index in [1.807, 2.05) is 31.2 Å². The Bertz CT molecular complexity index is 540. The van der Waals surface area contributed by atoms with Crippen molar-refractivity contribution in [3.8, 4) is 11.8 Å². The Morgan fingerprint density at radius 3 is 3.04 bits per heavy atom. The number of hydrogen-bond donors (Lipinski definition) is 1. The van der Waals surface area contributed by atoms with Crippen molar-refractivity contribution in [2.75, 3.05) is 19.7 Å². The standard InChI is InChI=1S/C22H32FNO/c1-2-9-20-12-4-5-13-21(20)17-25-18-22(23)14-6-3-10-19-11-7-8-15-24-16-19/h4-5,12-13,19,22,24H,3,6-8,10-11,14-18H2,1H3. The lowest BCUT2D eigenvalue weighted by atomic mass is 9.96. The molecule has 25 heavy (non-hydrogen) atoms. The molecule has 3 heteroatoms. The first-order valence-electron chi connectivity index (χ1n) is 9.72. The fraction of sp³-hybridized carbons (Fsp3) is 0.636. The molecule has 0 amide bonds. The molecule has 0 bridgehead atoms. The molecule has 2 atom stereocenters. The van der Waals surface area contributed by atoms with Crippen LogP contribution in [-0.2, 0) is 11.3 Å². The van der Waals surface area contributed by atoms with E-state index in [-0.39, 0.29) is 6.61 Å². The van der Waals surface area contributed by atoms with Gasteiger partial charge in [-0.25, -0.2) is 4.39 Å². The van der Waals surface area contributed by atoms with Gasteiger partial charge < -0.3 is 10.1 Å². The Labute approximate surface area is 152 Å². The highest BCUT2D eigenvalue weighted by Crippen LogP contribution is 2.19. The second-order valence-corrected chi connectivity index (χ2v) is 6.99. The van der Waals surface area contributed by atoms with Crippen molar-refractivity contribution in [1.29, 1.82) is 0 Å². The molecule has 1 N–H and O–H groups in total. The summed E-state index contributed by atoms with van der Waals surface area (Å²) >= 11 is 0. The number of hydrogen-bond acceptors (Lipinski definition) is 2. The molecule has 1 aromatic rings. The van der Waals surface area contributed by atoms with Crippen LogP contribution < -0.4 is 5.32 Å². The third kappa shape index (κ3) is 8.03. The zero-order valence-electron chi connectivity index (χ0n) is 15.5. The Morgan fingerprint density at radius 1 is 1.28 bits per heavy atom. The molecule has 1 fully saturated rings. The molecular formula is C22H32FNO. The summed E-state index contributed by atoms with van der Waals surface area (Å²) in [6, 6.07) is 7.90. The second kappa shape index (κ2) is 12.1. The molecular weight excluding hydrogens is 313 g/mol. The first-order valence-corrected chi connectivity index (χ1v) is 9.72. The van der Waals surface area contributed by atoms with Gasteiger partial charge in [0.25, 0.3) is 0 Å². The summed E-state index contributed by atoms with van der Waals surface area (Å²) in [5.41, 5.74) is 2.00. The maximum absolute atomic E-state index is 14.0. The molecule has 0 aromatic heterocycles. The van der Waals surface area contributed by atoms with Crippen molar-refractivity contribution >= 4 is 0 Å². The minimum atomic E-state index is -0.864. The number of ether oxygens (including phenoxy) is 1. The van der Waals surface area contributed by atoms with Crippen molar-refractivity contribution in [2.45, 2.75) is 64.6 Å². The summed E-state index contributed by atoms with van der Waals surface area (Å²) in [4.78, 5) is 0. The fourth-order valence-electron chi connectivity index (χ4n) is 3.42. The Morgan fingerprint density at radius 2 is 2.16 bits per heavy atom. The maximum atomic E-state index is 14.0. The van der Waals surface area contributed by atoms with Gasteiger partial charge in [0.1, 0.15) is 6.17 Å². The SMILES string of the molecule is CC#Cc1ccccc1COCC(F)CCCCC1CCCCNC1. The predicted octanol–water partition coefficient (Wildman–Crippen LogP) is 4.86. The highest BCUT2D eigenvalue weighted by Gasteiger charge is 2.12. The summed E-state index contributed by atoms with van der Waals surface area (Å²) in [5.74, 6) is 6.75. The van der Waals surface area contributed by atoms with Gasteiger partial charge >= 0.3 is 0 Å². The molecule has 0 spiro atoms. The van der Waals surface area contributed by atoms with Gasteiger partial charge in [-0.05, 0) is 63.2 Å². The lowest BCUT2D eigenvalue weighted by Gasteiger charge is -2.14. The number of benzene rings is 1. The minimum absolute atomic E-state index is 0.179. The molecule has 1 heterocycles. The topological polar surface area (TPSA) is 21.3 Å². The van der Waals surface area contributed by atoms with Gasteiger partial charge in [0.05, 0.1) is 13.2 Å². The van der Waals surface area contributed by atoms with Crippen LogP contribution in [0.15, 0.2) is 24.3 Å². The summed E-state index contributed by atoms with van der Waals surface area (Å²) in [6.07, 6.45) is 7.02. The molecule has 0 radical (unpaired) electrons. The lowest BCUT2D eigenvalue weighted by molar-refractivity contribution is 0.0652. The number of nitrogens with one attached hydrogen (secondary N) is 1. The number of halogens is 1. The highest BCUT2D eigenvalue weighted by molar-refractivity contribution is 5.40. The van der Waals surface area contributed by atoms with E-state index in [4.69, 9.17) is 4.74 Å². The molecule has 0 aliphatic carbocycles. The molecule has 2 unspecified atom stereocenters. The van der Waals surface area contributed by atoms with Crippen molar-refractivity contribution in [2.24, 2.45) is 5.92 Å². The van der Waals surface area contributed by atoms with Crippen LogP contribution in [0.2, 0.25) is 0 Å². The third-order valence-electron chi connectivity index (χ3n) is 4.86. The van der Waals surface area contributed by atoms with Gasteiger partial charge in [-0.2, -0.15) is 0 Å². The van der Waals surface area contributed by atoms with E-state index < -0.39 is 6.17 Å². The third-order valence-corrected chi connectivity index (χ3v) is 4.86. The van der Waals surface area contributed by atoms with Crippen LogP contribution in [0.5, 0.6) is 0 Å². The van der Waals surface area contributed by atoms with Crippen LogP contribution in [0.25, 0.3) is 0 Å². The van der Waals surface area contributed by atoms with E-state index in [0.717, 1.165) is 43.0 Å². The molecule has 138 valence electrons. The monoisotopic (exact) mass is 345 g/mol. The summed E-state index contributed by atoms with van der Waals surface area (Å²) in [6.45, 7) is 4.73. The fourth-order valence-corrected chi connectivity index (χ4v) is 3.42.